The van der Waals surface area contributed by atoms with Crippen molar-refractivity contribution in [1.82, 2.24) is 19.8 Å². The molecule has 4 rings (SSSR count). The highest BCUT2D eigenvalue weighted by Crippen LogP contribution is 2.48. The SMILES string of the molecule is COc1cc(OC)c(Cl)c(-c2ccc(OC(=O)Nc3ccc(CN(C)CCN(C)C)cn3)c3ncccc23)c1Cl. The van der Waals surface area contributed by atoms with Crippen molar-refractivity contribution >= 4 is 46.0 Å². The highest BCUT2D eigenvalue weighted by molar-refractivity contribution is 6.41. The van der Waals surface area contributed by atoms with Crippen LogP contribution in [0.4, 0.5) is 10.6 Å². The van der Waals surface area contributed by atoms with Crippen molar-refractivity contribution in [3.63, 3.8) is 0 Å². The fourth-order valence-electron chi connectivity index (χ4n) is 4.15. The fourth-order valence-corrected chi connectivity index (χ4v) is 4.86. The lowest BCUT2D eigenvalue weighted by atomic mass is 9.99. The summed E-state index contributed by atoms with van der Waals surface area (Å²) in [5, 5.41) is 3.99. The van der Waals surface area contributed by atoms with Gasteiger partial charge in [0.2, 0.25) is 0 Å². The number of methoxy groups -OCH3 is 2. The minimum absolute atomic E-state index is 0.262. The van der Waals surface area contributed by atoms with Gasteiger partial charge in [-0.3, -0.25) is 10.3 Å². The molecule has 4 aromatic rings. The number of aromatic nitrogens is 2. The first kappa shape index (κ1) is 29.4. The lowest BCUT2D eigenvalue weighted by Crippen LogP contribution is -2.28. The molecule has 11 heteroatoms. The Balaban J connectivity index is 1.55. The molecule has 0 fully saturated rings. The van der Waals surface area contributed by atoms with Gasteiger partial charge in [0.25, 0.3) is 0 Å². The van der Waals surface area contributed by atoms with E-state index in [4.69, 9.17) is 37.4 Å². The Morgan fingerprint density at radius 2 is 1.65 bits per heavy atom. The zero-order valence-corrected chi connectivity index (χ0v) is 24.5. The molecule has 0 unspecified atom stereocenters. The summed E-state index contributed by atoms with van der Waals surface area (Å²) in [5.41, 5.74) is 2.69. The highest BCUT2D eigenvalue weighted by atomic mass is 35.5. The standard InChI is InChI=1S/C29H31Cl2N5O4/c1-35(2)13-14-36(3)17-18-8-11-24(33-16-18)34-29(37)40-21-10-9-19(20-7-6-12-32-28(20)21)25-26(30)22(38-4)15-23(39-5)27(25)31/h6-12,15-16H,13-14,17H2,1-5H3,(H,33,34,37). The minimum Gasteiger partial charge on any atom is -0.495 e. The number of halogens is 2. The van der Waals surface area contributed by atoms with Gasteiger partial charge in [-0.05, 0) is 56.5 Å². The van der Waals surface area contributed by atoms with Crippen molar-refractivity contribution < 1.29 is 19.0 Å². The first-order valence-electron chi connectivity index (χ1n) is 12.5. The second kappa shape index (κ2) is 13.1. The third-order valence-electron chi connectivity index (χ3n) is 6.21. The zero-order valence-electron chi connectivity index (χ0n) is 23.0. The van der Waals surface area contributed by atoms with Crippen molar-refractivity contribution in [3.05, 3.63) is 70.5 Å². The van der Waals surface area contributed by atoms with Crippen molar-refractivity contribution in [3.8, 4) is 28.4 Å². The molecule has 0 aliphatic rings. The second-order valence-electron chi connectivity index (χ2n) is 9.40. The molecule has 0 aliphatic heterocycles. The number of ether oxygens (including phenoxy) is 3. The van der Waals surface area contributed by atoms with Crippen molar-refractivity contribution in [2.75, 3.05) is 53.8 Å². The van der Waals surface area contributed by atoms with Crippen LogP contribution in [-0.4, -0.2) is 74.3 Å². The van der Waals surface area contributed by atoms with Crippen LogP contribution in [0.5, 0.6) is 17.2 Å². The third-order valence-corrected chi connectivity index (χ3v) is 6.97. The predicted molar refractivity (Wildman–Crippen MR) is 159 cm³/mol. The summed E-state index contributed by atoms with van der Waals surface area (Å²) in [7, 11) is 9.18. The van der Waals surface area contributed by atoms with Crippen LogP contribution in [0, 0.1) is 0 Å². The normalized spacial score (nSPS) is 11.2. The number of carbonyl (C=O) groups is 1. The van der Waals surface area contributed by atoms with E-state index in [9.17, 15) is 4.79 Å². The number of fused-ring (bicyclic) bond motifs is 1. The van der Waals surface area contributed by atoms with E-state index in [0.717, 1.165) is 25.2 Å². The number of rotatable bonds is 10. The molecule has 2 aromatic carbocycles. The molecular weight excluding hydrogens is 553 g/mol. The first-order chi connectivity index (χ1) is 19.2. The highest BCUT2D eigenvalue weighted by Gasteiger charge is 2.22. The van der Waals surface area contributed by atoms with Crippen molar-refractivity contribution in [2.45, 2.75) is 6.54 Å². The smallest absolute Gasteiger partial charge is 0.418 e. The molecular formula is C29H31Cl2N5O4. The lowest BCUT2D eigenvalue weighted by Gasteiger charge is -2.19. The van der Waals surface area contributed by atoms with Crippen LogP contribution in [0.15, 0.2) is 54.9 Å². The Labute approximate surface area is 243 Å². The Hall–Kier alpha value is -3.63. The molecule has 0 saturated carbocycles. The zero-order chi connectivity index (χ0) is 28.8. The van der Waals surface area contributed by atoms with Crippen LogP contribution in [0.1, 0.15) is 5.56 Å². The predicted octanol–water partition coefficient (Wildman–Crippen LogP) is 6.23. The van der Waals surface area contributed by atoms with Gasteiger partial charge >= 0.3 is 6.09 Å². The molecule has 1 N–H and O–H groups in total. The Morgan fingerprint density at radius 1 is 0.925 bits per heavy atom. The topological polar surface area (TPSA) is 89.1 Å². The summed E-state index contributed by atoms with van der Waals surface area (Å²) < 4.78 is 16.5. The second-order valence-corrected chi connectivity index (χ2v) is 10.2. The van der Waals surface area contributed by atoms with Crippen LogP contribution >= 0.6 is 23.2 Å². The number of anilines is 1. The summed E-state index contributed by atoms with van der Waals surface area (Å²) in [5.74, 6) is 1.46. The van der Waals surface area contributed by atoms with Gasteiger partial charge in [0, 0.05) is 49.0 Å². The average molecular weight is 585 g/mol. The minimum atomic E-state index is -0.692. The first-order valence-corrected chi connectivity index (χ1v) is 13.2. The molecule has 2 heterocycles. The van der Waals surface area contributed by atoms with Crippen LogP contribution < -0.4 is 19.5 Å². The van der Waals surface area contributed by atoms with Gasteiger partial charge in [0.05, 0.1) is 24.3 Å². The molecule has 40 heavy (non-hydrogen) atoms. The third kappa shape index (κ3) is 6.74. The van der Waals surface area contributed by atoms with E-state index in [1.54, 1.807) is 42.7 Å². The van der Waals surface area contributed by atoms with Crippen LogP contribution in [0.2, 0.25) is 10.0 Å². The van der Waals surface area contributed by atoms with Gasteiger partial charge in [0.1, 0.15) is 22.8 Å². The van der Waals surface area contributed by atoms with Crippen LogP contribution in [0.3, 0.4) is 0 Å². The summed E-state index contributed by atoms with van der Waals surface area (Å²) >= 11 is 13.3. The van der Waals surface area contributed by atoms with E-state index in [2.05, 4.69) is 32.1 Å². The lowest BCUT2D eigenvalue weighted by molar-refractivity contribution is 0.215. The average Bonchev–Trinajstić information content (AvgIpc) is 2.94. The number of pyridine rings is 2. The van der Waals surface area contributed by atoms with Crippen molar-refractivity contribution in [2.24, 2.45) is 0 Å². The number of hydrogen-bond acceptors (Lipinski definition) is 8. The number of benzene rings is 2. The van der Waals surface area contributed by atoms with Crippen LogP contribution in [0.25, 0.3) is 22.0 Å². The van der Waals surface area contributed by atoms with E-state index < -0.39 is 6.09 Å². The summed E-state index contributed by atoms with van der Waals surface area (Å²) in [4.78, 5) is 25.9. The summed E-state index contributed by atoms with van der Waals surface area (Å²) in [6, 6.07) is 12.3. The number of nitrogens with zero attached hydrogens (tertiary/aromatic N) is 4. The quantitative estimate of drug-likeness (QED) is 0.235. The van der Waals surface area contributed by atoms with Gasteiger partial charge < -0.3 is 24.0 Å². The summed E-state index contributed by atoms with van der Waals surface area (Å²) in [6.07, 6.45) is 2.66. The Morgan fingerprint density at radius 3 is 2.27 bits per heavy atom. The molecule has 0 atom stereocenters. The molecule has 0 radical (unpaired) electrons. The molecule has 210 valence electrons. The monoisotopic (exact) mass is 583 g/mol. The molecule has 0 bridgehead atoms. The Kier molecular flexibility index (Phi) is 9.65. The molecule has 0 saturated heterocycles. The molecule has 0 aliphatic carbocycles. The maximum absolute atomic E-state index is 12.8. The van der Waals surface area contributed by atoms with E-state index in [0.29, 0.717) is 49.4 Å². The molecule has 2 aromatic heterocycles. The van der Waals surface area contributed by atoms with Gasteiger partial charge in [-0.1, -0.05) is 35.3 Å². The number of carbonyl (C=O) groups excluding carboxylic acids is 1. The van der Waals surface area contributed by atoms with Gasteiger partial charge in [-0.2, -0.15) is 0 Å². The van der Waals surface area contributed by atoms with E-state index in [1.807, 2.05) is 26.2 Å². The largest absolute Gasteiger partial charge is 0.495 e. The van der Waals surface area contributed by atoms with E-state index >= 15 is 0 Å². The number of hydrogen-bond donors (Lipinski definition) is 1. The Bertz CT molecular complexity index is 1470. The fraction of sp³-hybridized carbons (Fsp3) is 0.276. The van der Waals surface area contributed by atoms with Gasteiger partial charge in [-0.25, -0.2) is 9.78 Å². The van der Waals surface area contributed by atoms with Gasteiger partial charge in [0.15, 0.2) is 5.75 Å². The van der Waals surface area contributed by atoms with Crippen LogP contribution in [-0.2, 0) is 6.54 Å². The van der Waals surface area contributed by atoms with Gasteiger partial charge in [-0.15, -0.1) is 0 Å². The molecule has 0 spiro atoms. The van der Waals surface area contributed by atoms with E-state index in [-0.39, 0.29) is 5.75 Å². The number of amides is 1. The molecule has 9 nitrogen and oxygen atoms in total. The summed E-state index contributed by atoms with van der Waals surface area (Å²) in [6.45, 7) is 2.65. The van der Waals surface area contributed by atoms with Crippen molar-refractivity contribution in [1.29, 1.82) is 0 Å². The number of likely N-dealkylation sites (N-methyl/N-ethyl adjacent to an activating group) is 2. The maximum atomic E-state index is 12.8. The molecule has 1 amide bonds. The number of nitrogens with one attached hydrogen (secondary N) is 1. The maximum Gasteiger partial charge on any atom is 0.418 e. The van der Waals surface area contributed by atoms with E-state index in [1.165, 1.54) is 14.2 Å².